The fraction of sp³-hybridized carbons (Fsp3) is 0.391. The van der Waals surface area contributed by atoms with Crippen LogP contribution in [0, 0.1) is 0 Å². The Balaban J connectivity index is 2.00. The number of para-hydroxylation sites is 1. The maximum Gasteiger partial charge on any atom is 0.411 e. The Morgan fingerprint density at radius 1 is 1.03 bits per heavy atom. The molecule has 2 aromatic rings. The molecular formula is C23H28N2O4. The SMILES string of the molecule is CCOC(=O)Nc1ccc2c(c1)N(C(=O)COC(C)(C)C)c1ccccc1CC2. The number of ether oxygens (including phenoxy) is 2. The molecule has 6 heteroatoms. The summed E-state index contributed by atoms with van der Waals surface area (Å²) in [5.74, 6) is -0.149. The van der Waals surface area contributed by atoms with E-state index in [0.717, 1.165) is 35.3 Å². The zero-order chi connectivity index (χ0) is 21.0. The quantitative estimate of drug-likeness (QED) is 0.803. The van der Waals surface area contributed by atoms with Gasteiger partial charge in [0, 0.05) is 5.69 Å². The van der Waals surface area contributed by atoms with Crippen LogP contribution in [-0.2, 0) is 27.1 Å². The third-order valence-corrected chi connectivity index (χ3v) is 4.62. The minimum Gasteiger partial charge on any atom is -0.450 e. The zero-order valence-electron chi connectivity index (χ0n) is 17.5. The summed E-state index contributed by atoms with van der Waals surface area (Å²) in [5.41, 5.74) is 3.91. The largest absolute Gasteiger partial charge is 0.450 e. The van der Waals surface area contributed by atoms with Gasteiger partial charge in [-0.2, -0.15) is 0 Å². The summed E-state index contributed by atoms with van der Waals surface area (Å²) < 4.78 is 10.7. The van der Waals surface area contributed by atoms with Crippen LogP contribution in [0.15, 0.2) is 42.5 Å². The van der Waals surface area contributed by atoms with E-state index in [9.17, 15) is 9.59 Å². The van der Waals surface area contributed by atoms with Gasteiger partial charge in [0.05, 0.1) is 23.6 Å². The smallest absolute Gasteiger partial charge is 0.411 e. The van der Waals surface area contributed by atoms with Crippen molar-refractivity contribution >= 4 is 29.1 Å². The number of carbonyl (C=O) groups excluding carboxylic acids is 2. The van der Waals surface area contributed by atoms with E-state index < -0.39 is 11.7 Å². The number of hydrogen-bond donors (Lipinski definition) is 1. The lowest BCUT2D eigenvalue weighted by Crippen LogP contribution is -2.34. The zero-order valence-corrected chi connectivity index (χ0v) is 17.5. The minimum absolute atomic E-state index is 0.0349. The molecular weight excluding hydrogens is 368 g/mol. The van der Waals surface area contributed by atoms with E-state index >= 15 is 0 Å². The predicted molar refractivity (Wildman–Crippen MR) is 114 cm³/mol. The molecule has 0 spiro atoms. The first kappa shape index (κ1) is 20.9. The van der Waals surface area contributed by atoms with Gasteiger partial charge in [-0.05, 0) is 69.9 Å². The third-order valence-electron chi connectivity index (χ3n) is 4.62. The fourth-order valence-corrected chi connectivity index (χ4v) is 3.30. The molecule has 2 aromatic carbocycles. The summed E-state index contributed by atoms with van der Waals surface area (Å²) in [6.07, 6.45) is 1.11. The summed E-state index contributed by atoms with van der Waals surface area (Å²) in [6.45, 7) is 7.78. The predicted octanol–water partition coefficient (Wildman–Crippen LogP) is 4.83. The number of nitrogens with zero attached hydrogens (tertiary/aromatic N) is 1. The molecule has 1 aliphatic rings. The standard InChI is InChI=1S/C23H28N2O4/c1-5-28-22(27)24-18-13-12-17-11-10-16-8-6-7-9-19(16)25(20(17)14-18)21(26)15-29-23(2,3)4/h6-9,12-14H,5,10-11,15H2,1-4H3,(H,24,27). The Labute approximate surface area is 171 Å². The second kappa shape index (κ2) is 8.66. The van der Waals surface area contributed by atoms with E-state index in [1.54, 1.807) is 11.8 Å². The van der Waals surface area contributed by atoms with Gasteiger partial charge in [0.2, 0.25) is 0 Å². The Hall–Kier alpha value is -2.86. The number of amides is 2. The Morgan fingerprint density at radius 2 is 1.72 bits per heavy atom. The van der Waals surface area contributed by atoms with E-state index in [1.165, 1.54) is 0 Å². The average molecular weight is 396 g/mol. The lowest BCUT2D eigenvalue weighted by molar-refractivity contribution is -0.127. The van der Waals surface area contributed by atoms with Crippen LogP contribution in [0.5, 0.6) is 0 Å². The Bertz CT molecular complexity index is 902. The van der Waals surface area contributed by atoms with Gasteiger partial charge in [-0.25, -0.2) is 4.79 Å². The summed E-state index contributed by atoms with van der Waals surface area (Å²) in [4.78, 5) is 26.8. The van der Waals surface area contributed by atoms with E-state index in [1.807, 2.05) is 63.2 Å². The second-order valence-corrected chi connectivity index (χ2v) is 7.95. The number of rotatable bonds is 4. The molecule has 0 fully saturated rings. The number of benzene rings is 2. The Morgan fingerprint density at radius 3 is 2.41 bits per heavy atom. The van der Waals surface area contributed by atoms with Gasteiger partial charge >= 0.3 is 6.09 Å². The number of nitrogens with one attached hydrogen (secondary N) is 1. The van der Waals surface area contributed by atoms with Crippen molar-refractivity contribution in [1.82, 2.24) is 0 Å². The van der Waals surface area contributed by atoms with Crippen LogP contribution in [0.4, 0.5) is 21.9 Å². The molecule has 3 rings (SSSR count). The highest BCUT2D eigenvalue weighted by molar-refractivity contribution is 6.03. The van der Waals surface area contributed by atoms with Crippen LogP contribution < -0.4 is 10.2 Å². The highest BCUT2D eigenvalue weighted by atomic mass is 16.5. The van der Waals surface area contributed by atoms with Crippen LogP contribution in [0.1, 0.15) is 38.8 Å². The van der Waals surface area contributed by atoms with Crippen LogP contribution >= 0.6 is 0 Å². The maximum atomic E-state index is 13.2. The maximum absolute atomic E-state index is 13.2. The van der Waals surface area contributed by atoms with Crippen LogP contribution in [0.2, 0.25) is 0 Å². The first-order valence-electron chi connectivity index (χ1n) is 9.90. The molecule has 0 atom stereocenters. The third kappa shape index (κ3) is 5.15. The summed E-state index contributed by atoms with van der Waals surface area (Å²) in [6, 6.07) is 13.5. The number of hydrogen-bond acceptors (Lipinski definition) is 4. The van der Waals surface area contributed by atoms with Crippen LogP contribution in [0.25, 0.3) is 0 Å². The minimum atomic E-state index is -0.518. The molecule has 0 aliphatic carbocycles. The van der Waals surface area contributed by atoms with Crippen LogP contribution in [-0.4, -0.2) is 30.8 Å². The van der Waals surface area contributed by atoms with E-state index in [0.29, 0.717) is 12.3 Å². The van der Waals surface area contributed by atoms with Gasteiger partial charge in [0.1, 0.15) is 6.61 Å². The lowest BCUT2D eigenvalue weighted by atomic mass is 10.0. The molecule has 0 radical (unpaired) electrons. The topological polar surface area (TPSA) is 67.9 Å². The van der Waals surface area contributed by atoms with Gasteiger partial charge in [-0.15, -0.1) is 0 Å². The summed E-state index contributed by atoms with van der Waals surface area (Å²) in [7, 11) is 0. The molecule has 0 saturated carbocycles. The van der Waals surface area contributed by atoms with Crippen molar-refractivity contribution in [1.29, 1.82) is 0 Å². The summed E-state index contributed by atoms with van der Waals surface area (Å²) >= 11 is 0. The van der Waals surface area contributed by atoms with Gasteiger partial charge in [0.25, 0.3) is 5.91 Å². The van der Waals surface area contributed by atoms with Crippen molar-refractivity contribution in [3.63, 3.8) is 0 Å². The molecule has 154 valence electrons. The molecule has 0 unspecified atom stereocenters. The monoisotopic (exact) mass is 396 g/mol. The molecule has 1 heterocycles. The number of anilines is 3. The van der Waals surface area contributed by atoms with Crippen molar-refractivity contribution in [2.45, 2.75) is 46.1 Å². The molecule has 6 nitrogen and oxygen atoms in total. The van der Waals surface area contributed by atoms with Crippen molar-refractivity contribution < 1.29 is 19.1 Å². The summed E-state index contributed by atoms with van der Waals surface area (Å²) in [5, 5.41) is 2.72. The van der Waals surface area contributed by atoms with E-state index in [2.05, 4.69) is 5.32 Å². The molecule has 0 aromatic heterocycles. The number of carbonyl (C=O) groups is 2. The second-order valence-electron chi connectivity index (χ2n) is 7.95. The Kier molecular flexibility index (Phi) is 6.23. The molecule has 29 heavy (non-hydrogen) atoms. The first-order valence-corrected chi connectivity index (χ1v) is 9.90. The first-order chi connectivity index (χ1) is 13.8. The van der Waals surface area contributed by atoms with E-state index in [-0.39, 0.29) is 12.5 Å². The highest BCUT2D eigenvalue weighted by Gasteiger charge is 2.27. The van der Waals surface area contributed by atoms with Crippen LogP contribution in [0.3, 0.4) is 0 Å². The normalized spacial score (nSPS) is 13.2. The molecule has 2 amide bonds. The molecule has 1 aliphatic heterocycles. The molecule has 1 N–H and O–H groups in total. The van der Waals surface area contributed by atoms with Crippen molar-refractivity contribution in [3.05, 3.63) is 53.6 Å². The van der Waals surface area contributed by atoms with Gasteiger partial charge in [-0.1, -0.05) is 24.3 Å². The molecule has 0 bridgehead atoms. The van der Waals surface area contributed by atoms with Crippen molar-refractivity contribution in [2.75, 3.05) is 23.4 Å². The average Bonchev–Trinajstić information content (AvgIpc) is 2.82. The van der Waals surface area contributed by atoms with Gasteiger partial charge in [-0.3, -0.25) is 15.0 Å². The lowest BCUT2D eigenvalue weighted by Gasteiger charge is -2.27. The van der Waals surface area contributed by atoms with Gasteiger partial charge in [0.15, 0.2) is 0 Å². The number of aryl methyl sites for hydroxylation is 2. The van der Waals surface area contributed by atoms with Gasteiger partial charge < -0.3 is 9.47 Å². The van der Waals surface area contributed by atoms with E-state index in [4.69, 9.17) is 9.47 Å². The van der Waals surface area contributed by atoms with Crippen molar-refractivity contribution in [3.8, 4) is 0 Å². The number of fused-ring (bicyclic) bond motifs is 2. The fourth-order valence-electron chi connectivity index (χ4n) is 3.30. The highest BCUT2D eigenvalue weighted by Crippen LogP contribution is 2.37. The van der Waals surface area contributed by atoms with Crippen molar-refractivity contribution in [2.24, 2.45) is 0 Å². The molecule has 0 saturated heterocycles.